The third kappa shape index (κ3) is 3.77. The molecule has 4 nitrogen and oxygen atoms in total. The lowest BCUT2D eigenvalue weighted by atomic mass is 9.97. The summed E-state index contributed by atoms with van der Waals surface area (Å²) >= 11 is 5.96. The van der Waals surface area contributed by atoms with E-state index in [1.807, 2.05) is 42.5 Å². The van der Waals surface area contributed by atoms with Gasteiger partial charge in [0.2, 0.25) is 5.91 Å². The minimum absolute atomic E-state index is 0.0210. The Labute approximate surface area is 140 Å². The van der Waals surface area contributed by atoms with Gasteiger partial charge in [0.25, 0.3) is 0 Å². The highest BCUT2D eigenvalue weighted by Gasteiger charge is 2.26. The number of amides is 1. The molecule has 2 aromatic carbocycles. The number of halogens is 1. The lowest BCUT2D eigenvalue weighted by molar-refractivity contribution is -0.121. The Balaban J connectivity index is 1.66. The van der Waals surface area contributed by atoms with Crippen LogP contribution >= 0.6 is 11.6 Å². The number of carbonyl (C=O) groups is 1. The number of fused-ring (bicyclic) bond motifs is 1. The van der Waals surface area contributed by atoms with Crippen molar-refractivity contribution in [2.24, 2.45) is 0 Å². The van der Waals surface area contributed by atoms with E-state index < -0.39 is 0 Å². The molecule has 1 atom stereocenters. The Bertz CT molecular complexity index is 717. The first-order valence-electron chi connectivity index (χ1n) is 7.50. The molecule has 0 radical (unpaired) electrons. The number of ether oxygens (including phenoxy) is 2. The highest BCUT2D eigenvalue weighted by atomic mass is 35.5. The highest BCUT2D eigenvalue weighted by molar-refractivity contribution is 6.30. The third-order valence-electron chi connectivity index (χ3n) is 3.87. The van der Waals surface area contributed by atoms with Gasteiger partial charge in [0, 0.05) is 36.0 Å². The SMILES string of the molecule is CNC(=O)CC1COc2cc(OCc3cccc(Cl)c3)ccc21. The van der Waals surface area contributed by atoms with Crippen molar-refractivity contribution in [1.82, 2.24) is 5.32 Å². The molecule has 0 aromatic heterocycles. The predicted octanol–water partition coefficient (Wildman–Crippen LogP) is 3.53. The van der Waals surface area contributed by atoms with Crippen molar-refractivity contribution in [1.29, 1.82) is 0 Å². The van der Waals surface area contributed by atoms with Crippen LogP contribution in [0, 0.1) is 0 Å². The van der Waals surface area contributed by atoms with E-state index in [2.05, 4.69) is 5.32 Å². The summed E-state index contributed by atoms with van der Waals surface area (Å²) in [6.45, 7) is 0.974. The van der Waals surface area contributed by atoms with Crippen LogP contribution in [0.1, 0.15) is 23.5 Å². The Kier molecular flexibility index (Phi) is 4.72. The van der Waals surface area contributed by atoms with Crippen molar-refractivity contribution in [3.8, 4) is 11.5 Å². The van der Waals surface area contributed by atoms with Crippen molar-refractivity contribution in [2.75, 3.05) is 13.7 Å². The lowest BCUT2D eigenvalue weighted by Gasteiger charge is -2.09. The largest absolute Gasteiger partial charge is 0.492 e. The van der Waals surface area contributed by atoms with Crippen molar-refractivity contribution in [3.63, 3.8) is 0 Å². The minimum atomic E-state index is 0.0210. The fourth-order valence-corrected chi connectivity index (χ4v) is 2.85. The van der Waals surface area contributed by atoms with Gasteiger partial charge in [-0.1, -0.05) is 29.8 Å². The van der Waals surface area contributed by atoms with E-state index in [0.29, 0.717) is 24.7 Å². The lowest BCUT2D eigenvalue weighted by Crippen LogP contribution is -2.20. The number of benzene rings is 2. The molecule has 0 bridgehead atoms. The van der Waals surface area contributed by atoms with Gasteiger partial charge in [0.05, 0.1) is 6.61 Å². The molecule has 0 aliphatic carbocycles. The van der Waals surface area contributed by atoms with Crippen molar-refractivity contribution in [2.45, 2.75) is 18.9 Å². The number of hydrogen-bond acceptors (Lipinski definition) is 3. The molecule has 1 N–H and O–H groups in total. The summed E-state index contributed by atoms with van der Waals surface area (Å²) in [7, 11) is 1.64. The molecule has 23 heavy (non-hydrogen) atoms. The fourth-order valence-electron chi connectivity index (χ4n) is 2.64. The summed E-state index contributed by atoms with van der Waals surface area (Å²) in [5, 5.41) is 3.34. The summed E-state index contributed by atoms with van der Waals surface area (Å²) in [4.78, 5) is 11.5. The van der Waals surface area contributed by atoms with Crippen LogP contribution in [0.3, 0.4) is 0 Å². The van der Waals surface area contributed by atoms with Gasteiger partial charge in [-0.25, -0.2) is 0 Å². The van der Waals surface area contributed by atoms with Crippen LogP contribution in [-0.4, -0.2) is 19.6 Å². The first kappa shape index (κ1) is 15.7. The maximum atomic E-state index is 11.5. The number of hydrogen-bond donors (Lipinski definition) is 1. The van der Waals surface area contributed by atoms with E-state index in [1.165, 1.54) is 0 Å². The molecular formula is C18H18ClNO3. The highest BCUT2D eigenvalue weighted by Crippen LogP contribution is 2.38. The second-order valence-corrected chi connectivity index (χ2v) is 5.94. The van der Waals surface area contributed by atoms with Crippen LogP contribution in [0.5, 0.6) is 11.5 Å². The Hall–Kier alpha value is -2.20. The van der Waals surface area contributed by atoms with Gasteiger partial charge in [-0.05, 0) is 23.8 Å². The van der Waals surface area contributed by atoms with Gasteiger partial charge in [-0.2, -0.15) is 0 Å². The maximum absolute atomic E-state index is 11.5. The van der Waals surface area contributed by atoms with E-state index in [-0.39, 0.29) is 11.8 Å². The molecule has 1 unspecified atom stereocenters. The van der Waals surface area contributed by atoms with Gasteiger partial charge in [-0.3, -0.25) is 4.79 Å². The topological polar surface area (TPSA) is 47.6 Å². The normalized spacial score (nSPS) is 15.7. The Morgan fingerprint density at radius 1 is 1.35 bits per heavy atom. The summed E-state index contributed by atoms with van der Waals surface area (Å²) in [6, 6.07) is 13.3. The molecule has 120 valence electrons. The number of nitrogens with one attached hydrogen (secondary N) is 1. The zero-order chi connectivity index (χ0) is 16.2. The molecule has 1 heterocycles. The summed E-state index contributed by atoms with van der Waals surface area (Å²) in [6.07, 6.45) is 0.437. The summed E-state index contributed by atoms with van der Waals surface area (Å²) in [5.74, 6) is 1.66. The molecule has 1 aliphatic heterocycles. The van der Waals surface area contributed by atoms with E-state index in [1.54, 1.807) is 7.05 Å². The first-order chi connectivity index (χ1) is 11.2. The van der Waals surface area contributed by atoms with Gasteiger partial charge in [0.1, 0.15) is 18.1 Å². The van der Waals surface area contributed by atoms with Crippen LogP contribution in [-0.2, 0) is 11.4 Å². The molecule has 0 fully saturated rings. The van der Waals surface area contributed by atoms with Crippen LogP contribution in [0.25, 0.3) is 0 Å². The predicted molar refractivity (Wildman–Crippen MR) is 89.1 cm³/mol. The molecular weight excluding hydrogens is 314 g/mol. The van der Waals surface area contributed by atoms with Crippen molar-refractivity contribution >= 4 is 17.5 Å². The smallest absolute Gasteiger partial charge is 0.220 e. The quantitative estimate of drug-likeness (QED) is 0.911. The minimum Gasteiger partial charge on any atom is -0.492 e. The maximum Gasteiger partial charge on any atom is 0.220 e. The molecule has 2 aromatic rings. The third-order valence-corrected chi connectivity index (χ3v) is 4.11. The van der Waals surface area contributed by atoms with Crippen LogP contribution < -0.4 is 14.8 Å². The molecule has 1 aliphatic rings. The molecule has 1 amide bonds. The van der Waals surface area contributed by atoms with Crippen LogP contribution in [0.4, 0.5) is 0 Å². The van der Waals surface area contributed by atoms with Gasteiger partial charge >= 0.3 is 0 Å². The number of carbonyl (C=O) groups excluding carboxylic acids is 1. The number of rotatable bonds is 5. The van der Waals surface area contributed by atoms with Gasteiger partial charge < -0.3 is 14.8 Å². The van der Waals surface area contributed by atoms with Gasteiger partial charge in [0.15, 0.2) is 0 Å². The summed E-state index contributed by atoms with van der Waals surface area (Å²) < 4.78 is 11.5. The Morgan fingerprint density at radius 3 is 3.00 bits per heavy atom. The van der Waals surface area contributed by atoms with Crippen molar-refractivity contribution < 1.29 is 14.3 Å². The average Bonchev–Trinajstić information content (AvgIpc) is 2.95. The van der Waals surface area contributed by atoms with Crippen molar-refractivity contribution in [3.05, 3.63) is 58.6 Å². The monoisotopic (exact) mass is 331 g/mol. The Morgan fingerprint density at radius 2 is 2.22 bits per heavy atom. The molecule has 0 saturated heterocycles. The first-order valence-corrected chi connectivity index (χ1v) is 7.88. The molecule has 0 saturated carbocycles. The standard InChI is InChI=1S/C18H18ClNO3/c1-20-18(21)8-13-11-23-17-9-15(5-6-16(13)17)22-10-12-3-2-4-14(19)7-12/h2-7,9,13H,8,10-11H2,1H3,(H,20,21). The second kappa shape index (κ2) is 6.92. The molecule has 3 rings (SSSR count). The zero-order valence-electron chi connectivity index (χ0n) is 12.8. The zero-order valence-corrected chi connectivity index (χ0v) is 13.6. The average molecular weight is 332 g/mol. The molecule has 5 heteroatoms. The van der Waals surface area contributed by atoms with Crippen LogP contribution in [0.2, 0.25) is 5.02 Å². The van der Waals surface area contributed by atoms with E-state index in [0.717, 1.165) is 22.6 Å². The van der Waals surface area contributed by atoms with E-state index in [9.17, 15) is 4.79 Å². The van der Waals surface area contributed by atoms with E-state index in [4.69, 9.17) is 21.1 Å². The van der Waals surface area contributed by atoms with E-state index >= 15 is 0 Å². The fraction of sp³-hybridized carbons (Fsp3) is 0.278. The van der Waals surface area contributed by atoms with Gasteiger partial charge in [-0.15, -0.1) is 0 Å². The molecule has 0 spiro atoms. The second-order valence-electron chi connectivity index (χ2n) is 5.50. The van der Waals surface area contributed by atoms with Crippen LogP contribution in [0.15, 0.2) is 42.5 Å². The summed E-state index contributed by atoms with van der Waals surface area (Å²) in [5.41, 5.74) is 2.07.